The van der Waals surface area contributed by atoms with Crippen molar-refractivity contribution >= 4 is 27.6 Å². The SMILES string of the molecule is COc1ccccc1C(=O)NC(C(=O)N1CCN(C(=O)c2ccco2)CC1)S(=O)(=O)c1ccccc1. The summed E-state index contributed by atoms with van der Waals surface area (Å²) in [5, 5.41) is 0.536. The molecule has 0 radical (unpaired) electrons. The molecule has 1 aliphatic rings. The second kappa shape index (κ2) is 10.6. The largest absolute Gasteiger partial charge is 0.496 e. The highest BCUT2D eigenvalue weighted by Crippen LogP contribution is 2.21. The van der Waals surface area contributed by atoms with E-state index in [9.17, 15) is 22.8 Å². The molecule has 3 aromatic rings. The third-order valence-corrected chi connectivity index (χ3v) is 7.70. The maximum absolute atomic E-state index is 13.5. The molecule has 0 aliphatic carbocycles. The van der Waals surface area contributed by atoms with Gasteiger partial charge in [-0.2, -0.15) is 0 Å². The highest BCUT2D eigenvalue weighted by molar-refractivity contribution is 7.92. The average Bonchev–Trinajstić information content (AvgIpc) is 3.46. The molecule has 0 bridgehead atoms. The van der Waals surface area contributed by atoms with Crippen molar-refractivity contribution in [2.45, 2.75) is 10.3 Å². The molecule has 11 heteroatoms. The fourth-order valence-electron chi connectivity index (χ4n) is 3.90. The minimum absolute atomic E-state index is 0.0925. The molecule has 1 N–H and O–H groups in total. The van der Waals surface area contributed by atoms with Crippen LogP contribution in [0.25, 0.3) is 0 Å². The molecular formula is C25H25N3O7S. The number of sulfone groups is 1. The van der Waals surface area contributed by atoms with Gasteiger partial charge in [-0.15, -0.1) is 0 Å². The molecule has 1 atom stereocenters. The van der Waals surface area contributed by atoms with Gasteiger partial charge in [-0.1, -0.05) is 30.3 Å². The summed E-state index contributed by atoms with van der Waals surface area (Å²) in [7, 11) is -2.91. The van der Waals surface area contributed by atoms with Gasteiger partial charge in [-0.05, 0) is 36.4 Å². The number of furan rings is 1. The molecule has 188 valence electrons. The minimum Gasteiger partial charge on any atom is -0.496 e. The number of nitrogens with zero attached hydrogens (tertiary/aromatic N) is 2. The maximum atomic E-state index is 13.5. The lowest BCUT2D eigenvalue weighted by atomic mass is 10.2. The number of rotatable bonds is 7. The summed E-state index contributed by atoms with van der Waals surface area (Å²) in [5.41, 5.74) is 0.0925. The average molecular weight is 512 g/mol. The van der Waals surface area contributed by atoms with E-state index in [0.717, 1.165) is 0 Å². The van der Waals surface area contributed by atoms with Gasteiger partial charge in [0.05, 0.1) is 23.8 Å². The predicted octanol–water partition coefficient (Wildman–Crippen LogP) is 1.80. The number of piperazine rings is 1. The first-order chi connectivity index (χ1) is 17.3. The van der Waals surface area contributed by atoms with E-state index in [4.69, 9.17) is 9.15 Å². The van der Waals surface area contributed by atoms with Crippen molar-refractivity contribution < 1.29 is 32.0 Å². The second-order valence-corrected chi connectivity index (χ2v) is 10.0. The Kier molecular flexibility index (Phi) is 7.39. The van der Waals surface area contributed by atoms with Crippen LogP contribution in [0.15, 0.2) is 82.3 Å². The summed E-state index contributed by atoms with van der Waals surface area (Å²) < 4.78 is 37.4. The molecule has 0 saturated carbocycles. The van der Waals surface area contributed by atoms with E-state index in [1.807, 2.05) is 0 Å². The summed E-state index contributed by atoms with van der Waals surface area (Å²) in [6.07, 6.45) is 1.40. The van der Waals surface area contributed by atoms with Crippen LogP contribution >= 0.6 is 0 Å². The van der Waals surface area contributed by atoms with E-state index in [0.29, 0.717) is 0 Å². The number of amides is 3. The lowest BCUT2D eigenvalue weighted by Crippen LogP contribution is -2.57. The first kappa shape index (κ1) is 25.0. The van der Waals surface area contributed by atoms with Crippen molar-refractivity contribution in [2.24, 2.45) is 0 Å². The molecule has 1 fully saturated rings. The smallest absolute Gasteiger partial charge is 0.289 e. The van der Waals surface area contributed by atoms with Gasteiger partial charge in [-0.25, -0.2) is 8.42 Å². The van der Waals surface area contributed by atoms with Crippen molar-refractivity contribution in [1.29, 1.82) is 0 Å². The van der Waals surface area contributed by atoms with Crippen LogP contribution in [0.4, 0.5) is 0 Å². The zero-order valence-electron chi connectivity index (χ0n) is 19.5. The van der Waals surface area contributed by atoms with Gasteiger partial charge in [-0.3, -0.25) is 14.4 Å². The Labute approximate surface area is 208 Å². The lowest BCUT2D eigenvalue weighted by molar-refractivity contribution is -0.132. The van der Waals surface area contributed by atoms with Gasteiger partial charge in [0.15, 0.2) is 5.76 Å². The Bertz CT molecular complexity index is 1330. The second-order valence-electron chi connectivity index (χ2n) is 8.01. The van der Waals surface area contributed by atoms with Gasteiger partial charge in [0.2, 0.25) is 15.2 Å². The molecule has 2 heterocycles. The monoisotopic (exact) mass is 511 g/mol. The molecule has 3 amide bonds. The van der Waals surface area contributed by atoms with E-state index in [1.165, 1.54) is 53.5 Å². The number of hydrogen-bond acceptors (Lipinski definition) is 7. The molecule has 10 nitrogen and oxygen atoms in total. The van der Waals surface area contributed by atoms with Crippen molar-refractivity contribution in [3.05, 3.63) is 84.3 Å². The Morgan fingerprint density at radius 1 is 0.889 bits per heavy atom. The number of carbonyl (C=O) groups is 3. The molecule has 0 spiro atoms. The van der Waals surface area contributed by atoms with E-state index in [2.05, 4.69) is 5.32 Å². The van der Waals surface area contributed by atoms with E-state index in [-0.39, 0.29) is 54.1 Å². The van der Waals surface area contributed by atoms with E-state index in [1.54, 1.807) is 36.4 Å². The normalized spacial score (nSPS) is 14.7. The van der Waals surface area contributed by atoms with Crippen molar-refractivity contribution in [3.63, 3.8) is 0 Å². The fraction of sp³-hybridized carbons (Fsp3) is 0.240. The number of nitrogens with one attached hydrogen (secondary N) is 1. The Morgan fingerprint density at radius 3 is 2.17 bits per heavy atom. The number of benzene rings is 2. The first-order valence-corrected chi connectivity index (χ1v) is 12.7. The minimum atomic E-state index is -4.30. The van der Waals surface area contributed by atoms with Crippen LogP contribution in [-0.2, 0) is 14.6 Å². The summed E-state index contributed by atoms with van der Waals surface area (Å²) in [6, 6.07) is 16.9. The molecule has 36 heavy (non-hydrogen) atoms. The number of methoxy groups -OCH3 is 1. The topological polar surface area (TPSA) is 126 Å². The van der Waals surface area contributed by atoms with Crippen LogP contribution in [-0.4, -0.2) is 74.6 Å². The molecule has 1 saturated heterocycles. The number of hydrogen-bond donors (Lipinski definition) is 1. The Hall–Kier alpha value is -4.12. The summed E-state index contributed by atoms with van der Waals surface area (Å²) in [6.45, 7) is 0.556. The first-order valence-electron chi connectivity index (χ1n) is 11.2. The number of ether oxygens (including phenoxy) is 1. The van der Waals surface area contributed by atoms with Gasteiger partial charge >= 0.3 is 0 Å². The van der Waals surface area contributed by atoms with E-state index >= 15 is 0 Å². The molecule has 1 aromatic heterocycles. The predicted molar refractivity (Wildman–Crippen MR) is 129 cm³/mol. The highest BCUT2D eigenvalue weighted by atomic mass is 32.2. The fourth-order valence-corrected chi connectivity index (χ4v) is 5.38. The lowest BCUT2D eigenvalue weighted by Gasteiger charge is -2.36. The quantitative estimate of drug-likeness (QED) is 0.513. The van der Waals surface area contributed by atoms with Crippen molar-refractivity contribution in [2.75, 3.05) is 33.3 Å². The molecule has 4 rings (SSSR count). The van der Waals surface area contributed by atoms with Crippen LogP contribution in [0.1, 0.15) is 20.9 Å². The third kappa shape index (κ3) is 5.10. The van der Waals surface area contributed by atoms with Gasteiger partial charge in [0.1, 0.15) is 5.75 Å². The van der Waals surface area contributed by atoms with Crippen molar-refractivity contribution in [1.82, 2.24) is 15.1 Å². The standard InChI is InChI=1S/C25H25N3O7S/c1-34-20-11-6-5-10-19(20)22(29)26-23(36(32,33)18-8-3-2-4-9-18)25(31)28-15-13-27(14-16-28)24(30)21-12-7-17-35-21/h2-12,17,23H,13-16H2,1H3,(H,26,29). The molecule has 1 unspecified atom stereocenters. The van der Waals surface area contributed by atoms with Crippen LogP contribution in [0.5, 0.6) is 5.75 Å². The van der Waals surface area contributed by atoms with E-state index < -0.39 is 27.0 Å². The maximum Gasteiger partial charge on any atom is 0.289 e. The van der Waals surface area contributed by atoms with Crippen LogP contribution in [0.2, 0.25) is 0 Å². The molecular weight excluding hydrogens is 486 g/mol. The number of para-hydroxylation sites is 1. The molecule has 1 aliphatic heterocycles. The van der Waals surface area contributed by atoms with Gasteiger partial charge in [0, 0.05) is 26.2 Å². The summed E-state index contributed by atoms with van der Waals surface area (Å²) in [5.74, 6) is -1.44. The Morgan fingerprint density at radius 2 is 1.53 bits per heavy atom. The summed E-state index contributed by atoms with van der Waals surface area (Å²) >= 11 is 0. The van der Waals surface area contributed by atoms with Crippen LogP contribution < -0.4 is 10.1 Å². The highest BCUT2D eigenvalue weighted by Gasteiger charge is 2.40. The summed E-state index contributed by atoms with van der Waals surface area (Å²) in [4.78, 5) is 41.9. The zero-order chi connectivity index (χ0) is 25.7. The number of carbonyl (C=O) groups excluding carboxylic acids is 3. The van der Waals surface area contributed by atoms with Crippen LogP contribution in [0, 0.1) is 0 Å². The van der Waals surface area contributed by atoms with Gasteiger partial charge < -0.3 is 24.3 Å². The van der Waals surface area contributed by atoms with Gasteiger partial charge in [0.25, 0.3) is 17.7 Å². The Balaban J connectivity index is 1.57. The molecule has 2 aromatic carbocycles. The van der Waals surface area contributed by atoms with Crippen LogP contribution in [0.3, 0.4) is 0 Å². The zero-order valence-corrected chi connectivity index (χ0v) is 20.3. The third-order valence-electron chi connectivity index (χ3n) is 5.83. The van der Waals surface area contributed by atoms with Crippen molar-refractivity contribution in [3.8, 4) is 5.75 Å².